The lowest BCUT2D eigenvalue weighted by Gasteiger charge is -2.24. The van der Waals surface area contributed by atoms with Crippen LogP contribution in [0, 0.1) is 0 Å². The van der Waals surface area contributed by atoms with Crippen LogP contribution in [0.25, 0.3) is 0 Å². The Balaban J connectivity index is 2.13. The first kappa shape index (κ1) is 17.9. The molecule has 122 valence electrons. The fraction of sp³-hybridized carbons (Fsp3) is 0.857. The summed E-state index contributed by atoms with van der Waals surface area (Å²) in [5, 5.41) is 5.99. The zero-order valence-electron chi connectivity index (χ0n) is 13.0. The number of nitrogens with one attached hydrogen (secondary N) is 2. The Labute approximate surface area is 126 Å². The summed E-state index contributed by atoms with van der Waals surface area (Å²) in [5.41, 5.74) is 0. The van der Waals surface area contributed by atoms with E-state index in [-0.39, 0.29) is 31.1 Å². The summed E-state index contributed by atoms with van der Waals surface area (Å²) in [6.07, 6.45) is 2.76. The summed E-state index contributed by atoms with van der Waals surface area (Å²) in [4.78, 5) is 24.9. The molecule has 1 heterocycles. The minimum Gasteiger partial charge on any atom is -0.385 e. The molecule has 0 atom stereocenters. The molecule has 2 N–H and O–H groups in total. The van der Waals surface area contributed by atoms with Gasteiger partial charge in [-0.15, -0.1) is 0 Å². The van der Waals surface area contributed by atoms with Crippen molar-refractivity contribution in [3.63, 3.8) is 0 Å². The highest BCUT2D eigenvalue weighted by Gasteiger charge is 2.17. The Kier molecular flexibility index (Phi) is 8.96. The third kappa shape index (κ3) is 7.99. The van der Waals surface area contributed by atoms with E-state index < -0.39 is 0 Å². The first-order valence-electron chi connectivity index (χ1n) is 7.45. The maximum Gasteiger partial charge on any atom is 0.248 e. The molecule has 0 aliphatic carbocycles. The van der Waals surface area contributed by atoms with Crippen LogP contribution in [0.2, 0.25) is 0 Å². The smallest absolute Gasteiger partial charge is 0.248 e. The van der Waals surface area contributed by atoms with Gasteiger partial charge in [-0.05, 0) is 32.4 Å². The van der Waals surface area contributed by atoms with E-state index in [0.29, 0.717) is 13.2 Å². The van der Waals surface area contributed by atoms with Crippen molar-refractivity contribution in [2.45, 2.75) is 25.4 Å². The largest absolute Gasteiger partial charge is 0.385 e. The lowest BCUT2D eigenvalue weighted by atomic mass is 10.1. The average molecular weight is 301 g/mol. The molecule has 0 aromatic rings. The van der Waals surface area contributed by atoms with Gasteiger partial charge in [0.25, 0.3) is 0 Å². The van der Waals surface area contributed by atoms with Crippen LogP contribution in [0.5, 0.6) is 0 Å². The summed E-state index contributed by atoms with van der Waals surface area (Å²) in [6, 6.07) is 0. The first-order valence-corrected chi connectivity index (χ1v) is 7.45. The Morgan fingerprint density at radius 3 is 2.71 bits per heavy atom. The molecule has 0 bridgehead atoms. The number of rotatable bonds is 9. The van der Waals surface area contributed by atoms with Crippen LogP contribution in [0.1, 0.15) is 19.3 Å². The number of nitrogens with zero attached hydrogens (tertiary/aromatic N) is 1. The van der Waals surface area contributed by atoms with E-state index in [0.717, 1.165) is 32.4 Å². The van der Waals surface area contributed by atoms with Crippen LogP contribution in [-0.4, -0.2) is 76.4 Å². The van der Waals surface area contributed by atoms with Gasteiger partial charge in [0.05, 0.1) is 12.6 Å². The van der Waals surface area contributed by atoms with Crippen LogP contribution in [0.15, 0.2) is 0 Å². The summed E-state index contributed by atoms with van der Waals surface area (Å²) in [5.74, 6) is -0.329. The second-order valence-electron chi connectivity index (χ2n) is 5.21. The molecule has 1 aliphatic rings. The van der Waals surface area contributed by atoms with Gasteiger partial charge in [-0.25, -0.2) is 0 Å². The normalized spacial score (nSPS) is 15.7. The number of methoxy groups -OCH3 is 1. The van der Waals surface area contributed by atoms with Crippen LogP contribution >= 0.6 is 0 Å². The number of piperidine rings is 1. The molecule has 0 spiro atoms. The summed E-state index contributed by atoms with van der Waals surface area (Å²) >= 11 is 0. The van der Waals surface area contributed by atoms with Gasteiger partial charge in [-0.3, -0.25) is 9.59 Å². The highest BCUT2D eigenvalue weighted by atomic mass is 16.5. The van der Waals surface area contributed by atoms with Crippen molar-refractivity contribution < 1.29 is 19.1 Å². The van der Waals surface area contributed by atoms with Gasteiger partial charge in [0.15, 0.2) is 0 Å². The fourth-order valence-corrected chi connectivity index (χ4v) is 2.07. The van der Waals surface area contributed by atoms with E-state index in [2.05, 4.69) is 10.6 Å². The van der Waals surface area contributed by atoms with E-state index in [1.807, 2.05) is 0 Å². The summed E-state index contributed by atoms with van der Waals surface area (Å²) in [7, 11) is 3.24. The Morgan fingerprint density at radius 1 is 1.33 bits per heavy atom. The second-order valence-corrected chi connectivity index (χ2v) is 5.21. The summed E-state index contributed by atoms with van der Waals surface area (Å²) < 4.78 is 10.5. The molecule has 7 nitrogen and oxygen atoms in total. The molecule has 0 unspecified atom stereocenters. The fourth-order valence-electron chi connectivity index (χ4n) is 2.07. The van der Waals surface area contributed by atoms with E-state index in [1.54, 1.807) is 14.2 Å². The van der Waals surface area contributed by atoms with Crippen molar-refractivity contribution in [1.29, 1.82) is 0 Å². The lowest BCUT2D eigenvalue weighted by molar-refractivity contribution is -0.140. The van der Waals surface area contributed by atoms with E-state index >= 15 is 0 Å². The van der Waals surface area contributed by atoms with Gasteiger partial charge in [-0.1, -0.05) is 0 Å². The third-order valence-electron chi connectivity index (χ3n) is 3.38. The molecule has 0 saturated carbocycles. The molecule has 0 radical (unpaired) electrons. The van der Waals surface area contributed by atoms with Crippen LogP contribution < -0.4 is 10.6 Å². The molecule has 1 rings (SSSR count). The van der Waals surface area contributed by atoms with Gasteiger partial charge >= 0.3 is 0 Å². The molecule has 0 aromatic carbocycles. The number of carbonyl (C=O) groups excluding carboxylic acids is 2. The molecule has 7 heteroatoms. The highest BCUT2D eigenvalue weighted by Crippen LogP contribution is 2.07. The highest BCUT2D eigenvalue weighted by molar-refractivity contribution is 5.85. The Bertz CT molecular complexity index is 319. The number of hydrogen-bond acceptors (Lipinski definition) is 5. The molecule has 1 aliphatic heterocycles. The quantitative estimate of drug-likeness (QED) is 0.554. The van der Waals surface area contributed by atoms with Gasteiger partial charge in [-0.2, -0.15) is 0 Å². The average Bonchev–Trinajstić information content (AvgIpc) is 2.50. The third-order valence-corrected chi connectivity index (χ3v) is 3.38. The standard InChI is InChI=1S/C14H27N3O4/c1-17(10-13(18)16-6-3-9-20-2)14(19)11-21-12-4-7-15-8-5-12/h12,15H,3-11H2,1-2H3,(H,16,18). The number of ether oxygens (including phenoxy) is 2. The van der Waals surface area contributed by atoms with Gasteiger partial charge in [0, 0.05) is 27.3 Å². The second kappa shape index (κ2) is 10.5. The predicted molar refractivity (Wildman–Crippen MR) is 79.0 cm³/mol. The summed E-state index contributed by atoms with van der Waals surface area (Å²) in [6.45, 7) is 3.12. The molecule has 21 heavy (non-hydrogen) atoms. The Hall–Kier alpha value is -1.18. The first-order chi connectivity index (χ1) is 10.1. The van der Waals surface area contributed by atoms with Crippen molar-refractivity contribution >= 4 is 11.8 Å². The van der Waals surface area contributed by atoms with E-state index in [9.17, 15) is 9.59 Å². The van der Waals surface area contributed by atoms with Crippen LogP contribution in [0.4, 0.5) is 0 Å². The zero-order chi connectivity index (χ0) is 15.5. The van der Waals surface area contributed by atoms with E-state index in [1.165, 1.54) is 4.90 Å². The minimum atomic E-state index is -0.166. The molecule has 1 saturated heterocycles. The number of amides is 2. The van der Waals surface area contributed by atoms with E-state index in [4.69, 9.17) is 9.47 Å². The van der Waals surface area contributed by atoms with Crippen molar-refractivity contribution in [2.24, 2.45) is 0 Å². The molecule has 0 aromatic heterocycles. The maximum absolute atomic E-state index is 11.9. The van der Waals surface area contributed by atoms with Crippen molar-refractivity contribution in [1.82, 2.24) is 15.5 Å². The predicted octanol–water partition coefficient (Wildman–Crippen LogP) is -0.634. The zero-order valence-corrected chi connectivity index (χ0v) is 13.0. The number of hydrogen-bond donors (Lipinski definition) is 2. The Morgan fingerprint density at radius 2 is 2.05 bits per heavy atom. The molecular weight excluding hydrogens is 274 g/mol. The number of likely N-dealkylation sites (N-methyl/N-ethyl adjacent to an activating group) is 1. The topological polar surface area (TPSA) is 79.9 Å². The van der Waals surface area contributed by atoms with Crippen molar-refractivity contribution in [3.8, 4) is 0 Å². The van der Waals surface area contributed by atoms with Crippen LogP contribution in [0.3, 0.4) is 0 Å². The SMILES string of the molecule is COCCCNC(=O)CN(C)C(=O)COC1CCNCC1. The molecule has 2 amide bonds. The van der Waals surface area contributed by atoms with Crippen molar-refractivity contribution in [2.75, 3.05) is 53.6 Å². The van der Waals surface area contributed by atoms with Gasteiger partial charge < -0.3 is 25.0 Å². The lowest BCUT2D eigenvalue weighted by Crippen LogP contribution is -2.41. The van der Waals surface area contributed by atoms with Crippen LogP contribution in [-0.2, 0) is 19.1 Å². The van der Waals surface area contributed by atoms with Crippen molar-refractivity contribution in [3.05, 3.63) is 0 Å². The molecule has 1 fully saturated rings. The number of carbonyl (C=O) groups is 2. The van der Waals surface area contributed by atoms with Gasteiger partial charge in [0.2, 0.25) is 11.8 Å². The molecular formula is C14H27N3O4. The van der Waals surface area contributed by atoms with Gasteiger partial charge in [0.1, 0.15) is 6.61 Å². The minimum absolute atomic E-state index is 0.0398. The monoisotopic (exact) mass is 301 g/mol. The maximum atomic E-state index is 11.9.